The number of aliphatic hydroxyl groups excluding tert-OH is 1. The van der Waals surface area contributed by atoms with Gasteiger partial charge < -0.3 is 10.4 Å². The van der Waals surface area contributed by atoms with E-state index in [-0.39, 0.29) is 18.6 Å². The number of aliphatic hydroxyl groups is 1. The number of hydrogen-bond donors (Lipinski definition) is 2. The number of nitrogens with one attached hydrogen (secondary N) is 1. The highest BCUT2D eigenvalue weighted by molar-refractivity contribution is 9.11. The summed E-state index contributed by atoms with van der Waals surface area (Å²) in [6.07, 6.45) is 0.786. The van der Waals surface area contributed by atoms with E-state index < -0.39 is 0 Å². The molecule has 1 aromatic heterocycles. The van der Waals surface area contributed by atoms with Crippen molar-refractivity contribution in [3.05, 3.63) is 20.8 Å². The Morgan fingerprint density at radius 2 is 2.25 bits per heavy atom. The van der Waals surface area contributed by atoms with Crippen LogP contribution in [0.4, 0.5) is 0 Å². The summed E-state index contributed by atoms with van der Waals surface area (Å²) in [7, 11) is 0. The van der Waals surface area contributed by atoms with Gasteiger partial charge in [0.2, 0.25) is 0 Å². The summed E-state index contributed by atoms with van der Waals surface area (Å²) in [4.78, 5) is 12.4. The number of amides is 1. The van der Waals surface area contributed by atoms with Gasteiger partial charge in [-0.05, 0) is 40.4 Å². The van der Waals surface area contributed by atoms with Gasteiger partial charge in [0.15, 0.2) is 0 Å². The molecule has 0 aromatic carbocycles. The molecule has 0 aliphatic heterocycles. The van der Waals surface area contributed by atoms with Crippen molar-refractivity contribution in [1.82, 2.24) is 5.32 Å². The minimum atomic E-state index is -0.159. The molecule has 0 saturated carbocycles. The predicted octanol–water partition coefficient (Wildman–Crippen LogP) is 2.65. The number of halogens is 1. The van der Waals surface area contributed by atoms with Gasteiger partial charge in [0, 0.05) is 0 Å². The van der Waals surface area contributed by atoms with Crippen molar-refractivity contribution >= 4 is 33.2 Å². The fourth-order valence-electron chi connectivity index (χ4n) is 1.44. The summed E-state index contributed by atoms with van der Waals surface area (Å²) in [5, 5.41) is 12.0. The molecular weight excluding hydrogens is 290 g/mol. The van der Waals surface area contributed by atoms with Gasteiger partial charge in [-0.1, -0.05) is 13.8 Å². The van der Waals surface area contributed by atoms with E-state index in [1.165, 1.54) is 11.3 Å². The molecule has 1 unspecified atom stereocenters. The van der Waals surface area contributed by atoms with E-state index in [4.69, 9.17) is 5.11 Å². The minimum absolute atomic E-state index is 0.0174. The van der Waals surface area contributed by atoms with Crippen molar-refractivity contribution in [2.45, 2.75) is 26.3 Å². The molecule has 0 bridgehead atoms. The van der Waals surface area contributed by atoms with Gasteiger partial charge in [-0.3, -0.25) is 4.79 Å². The molecule has 16 heavy (non-hydrogen) atoms. The van der Waals surface area contributed by atoms with E-state index in [9.17, 15) is 4.79 Å². The fourth-order valence-corrected chi connectivity index (χ4v) is 2.73. The molecule has 1 rings (SSSR count). The van der Waals surface area contributed by atoms with Crippen LogP contribution in [0, 0.1) is 5.92 Å². The molecule has 0 saturated heterocycles. The van der Waals surface area contributed by atoms with E-state index in [0.717, 1.165) is 10.2 Å². The number of rotatable bonds is 5. The number of carbonyl (C=O) groups excluding carboxylic acids is 1. The first-order valence-electron chi connectivity index (χ1n) is 5.20. The largest absolute Gasteiger partial charge is 0.394 e. The second kappa shape index (κ2) is 6.37. The lowest BCUT2D eigenvalue weighted by Gasteiger charge is -2.17. The summed E-state index contributed by atoms with van der Waals surface area (Å²) in [6.45, 7) is 4.11. The Labute approximate surface area is 108 Å². The number of hydrogen-bond acceptors (Lipinski definition) is 3. The van der Waals surface area contributed by atoms with Gasteiger partial charge in [-0.15, -0.1) is 11.3 Å². The Morgan fingerprint density at radius 3 is 2.69 bits per heavy atom. The zero-order valence-electron chi connectivity index (χ0n) is 9.37. The zero-order valence-corrected chi connectivity index (χ0v) is 11.8. The first-order valence-corrected chi connectivity index (χ1v) is 6.81. The van der Waals surface area contributed by atoms with E-state index >= 15 is 0 Å². The molecule has 1 aromatic rings. The summed E-state index contributed by atoms with van der Waals surface area (Å²) < 4.78 is 0.932. The fraction of sp³-hybridized carbons (Fsp3) is 0.545. The van der Waals surface area contributed by atoms with Crippen molar-refractivity contribution in [2.24, 2.45) is 5.92 Å². The summed E-state index contributed by atoms with van der Waals surface area (Å²) in [5.41, 5.74) is 0. The normalized spacial score (nSPS) is 12.8. The monoisotopic (exact) mass is 305 g/mol. The van der Waals surface area contributed by atoms with Crippen LogP contribution < -0.4 is 5.32 Å². The maximum atomic E-state index is 11.8. The van der Waals surface area contributed by atoms with Crippen LogP contribution in [0.15, 0.2) is 15.9 Å². The van der Waals surface area contributed by atoms with Crippen molar-refractivity contribution in [1.29, 1.82) is 0 Å². The molecule has 5 heteroatoms. The van der Waals surface area contributed by atoms with Crippen LogP contribution in [0.3, 0.4) is 0 Å². The minimum Gasteiger partial charge on any atom is -0.394 e. The van der Waals surface area contributed by atoms with Gasteiger partial charge in [-0.2, -0.15) is 0 Å². The van der Waals surface area contributed by atoms with Crippen molar-refractivity contribution in [3.63, 3.8) is 0 Å². The lowest BCUT2D eigenvalue weighted by molar-refractivity contribution is 0.0912. The van der Waals surface area contributed by atoms with Crippen LogP contribution in [0.1, 0.15) is 29.9 Å². The molecular formula is C11H16BrNO2S. The average Bonchev–Trinajstić information content (AvgIpc) is 2.63. The summed E-state index contributed by atoms with van der Waals surface area (Å²) >= 11 is 4.70. The van der Waals surface area contributed by atoms with Crippen LogP contribution in [0.25, 0.3) is 0 Å². The van der Waals surface area contributed by atoms with E-state index in [0.29, 0.717) is 10.8 Å². The highest BCUT2D eigenvalue weighted by Gasteiger charge is 2.15. The van der Waals surface area contributed by atoms with Crippen molar-refractivity contribution in [3.8, 4) is 0 Å². The first kappa shape index (κ1) is 13.7. The Bertz CT molecular complexity index is 352. The van der Waals surface area contributed by atoms with Crippen LogP contribution in [-0.4, -0.2) is 23.7 Å². The molecule has 0 aliphatic carbocycles. The van der Waals surface area contributed by atoms with E-state index in [2.05, 4.69) is 35.1 Å². The molecule has 90 valence electrons. The van der Waals surface area contributed by atoms with Gasteiger partial charge >= 0.3 is 0 Å². The smallest absolute Gasteiger partial charge is 0.261 e. The second-order valence-corrected chi connectivity index (χ2v) is 6.55. The predicted molar refractivity (Wildman–Crippen MR) is 69.8 cm³/mol. The van der Waals surface area contributed by atoms with E-state index in [1.807, 2.05) is 6.07 Å². The maximum Gasteiger partial charge on any atom is 0.261 e. The molecule has 0 fully saturated rings. The second-order valence-electron chi connectivity index (χ2n) is 4.09. The van der Waals surface area contributed by atoms with E-state index in [1.54, 1.807) is 6.07 Å². The molecule has 2 N–H and O–H groups in total. The topological polar surface area (TPSA) is 49.3 Å². The van der Waals surface area contributed by atoms with Crippen LogP contribution in [0.5, 0.6) is 0 Å². The first-order chi connectivity index (χ1) is 7.52. The van der Waals surface area contributed by atoms with Gasteiger partial charge in [0.05, 0.1) is 21.3 Å². The quantitative estimate of drug-likeness (QED) is 0.878. The molecule has 1 amide bonds. The Hall–Kier alpha value is -0.390. The zero-order chi connectivity index (χ0) is 12.1. The molecule has 0 aliphatic rings. The standard InChI is InChI=1S/C11H16BrNO2S/c1-7(2)5-8(6-14)13-11(15)9-3-4-10(12)16-9/h3-4,7-8,14H,5-6H2,1-2H3,(H,13,15). The summed E-state index contributed by atoms with van der Waals surface area (Å²) in [5.74, 6) is 0.336. The Balaban J connectivity index is 2.55. The molecule has 0 spiro atoms. The summed E-state index contributed by atoms with van der Waals surface area (Å²) in [6, 6.07) is 3.46. The van der Waals surface area contributed by atoms with Crippen LogP contribution in [0.2, 0.25) is 0 Å². The van der Waals surface area contributed by atoms with Gasteiger partial charge in [0.25, 0.3) is 5.91 Å². The molecule has 1 heterocycles. The highest BCUT2D eigenvalue weighted by atomic mass is 79.9. The number of thiophene rings is 1. The lowest BCUT2D eigenvalue weighted by Crippen LogP contribution is -2.38. The van der Waals surface area contributed by atoms with Gasteiger partial charge in [0.1, 0.15) is 0 Å². The molecule has 0 radical (unpaired) electrons. The third-order valence-corrected chi connectivity index (χ3v) is 3.73. The van der Waals surface area contributed by atoms with Crippen LogP contribution in [-0.2, 0) is 0 Å². The lowest BCUT2D eigenvalue weighted by atomic mass is 10.0. The molecule has 3 nitrogen and oxygen atoms in total. The number of carbonyl (C=O) groups is 1. The Morgan fingerprint density at radius 1 is 1.56 bits per heavy atom. The molecule has 1 atom stereocenters. The SMILES string of the molecule is CC(C)CC(CO)NC(=O)c1ccc(Br)s1. The average molecular weight is 306 g/mol. The van der Waals surface area contributed by atoms with Crippen molar-refractivity contribution in [2.75, 3.05) is 6.61 Å². The highest BCUT2D eigenvalue weighted by Crippen LogP contribution is 2.22. The van der Waals surface area contributed by atoms with Crippen LogP contribution >= 0.6 is 27.3 Å². The third-order valence-electron chi connectivity index (χ3n) is 2.11. The Kier molecular flexibility index (Phi) is 5.44. The van der Waals surface area contributed by atoms with Gasteiger partial charge in [-0.25, -0.2) is 0 Å². The third kappa shape index (κ3) is 4.23. The maximum absolute atomic E-state index is 11.8. The van der Waals surface area contributed by atoms with Crippen molar-refractivity contribution < 1.29 is 9.90 Å².